The highest BCUT2D eigenvalue weighted by Crippen LogP contribution is 2.32. The Kier molecular flexibility index (Phi) is 6.26. The molecule has 3 heterocycles. The fourth-order valence-corrected chi connectivity index (χ4v) is 4.50. The van der Waals surface area contributed by atoms with Gasteiger partial charge in [-0.05, 0) is 18.8 Å². The average Bonchev–Trinajstić information content (AvgIpc) is 3.21. The summed E-state index contributed by atoms with van der Waals surface area (Å²) in [5, 5.41) is 4.35. The summed E-state index contributed by atoms with van der Waals surface area (Å²) in [4.78, 5) is 20.2. The second-order valence-electron chi connectivity index (χ2n) is 6.19. The van der Waals surface area contributed by atoms with E-state index < -0.39 is 0 Å². The Labute approximate surface area is 158 Å². The van der Waals surface area contributed by atoms with Gasteiger partial charge in [0, 0.05) is 31.7 Å². The summed E-state index contributed by atoms with van der Waals surface area (Å²) in [6, 6.07) is 10.1. The lowest BCUT2D eigenvalue weighted by Gasteiger charge is -2.16. The van der Waals surface area contributed by atoms with Gasteiger partial charge in [-0.15, -0.1) is 36.2 Å². The first-order valence-corrected chi connectivity index (χ1v) is 8.57. The van der Waals surface area contributed by atoms with Crippen molar-refractivity contribution in [3.05, 3.63) is 40.9 Å². The van der Waals surface area contributed by atoms with Crippen molar-refractivity contribution in [2.75, 3.05) is 26.2 Å². The molecule has 2 aliphatic rings. The SMILES string of the molecule is Cc1nc(-c2ccccc2)sc1C(=O)N1C[C@H]2CNC[C@H]2C1.Cl.Cl. The summed E-state index contributed by atoms with van der Waals surface area (Å²) in [6.07, 6.45) is 0. The predicted octanol–water partition coefficient (Wildman–Crippen LogP) is 3.25. The van der Waals surface area contributed by atoms with Crippen molar-refractivity contribution in [2.45, 2.75) is 6.92 Å². The average molecular weight is 386 g/mol. The first kappa shape index (κ1) is 19.2. The standard InChI is InChI=1S/C17H19N3OS.2ClH/c1-11-15(22-16(19-11)12-5-3-2-4-6-12)17(21)20-9-13-7-18-8-14(13)10-20;;/h2-6,13-14,18H,7-10H2,1H3;2*1H/t13-,14+;;. The van der Waals surface area contributed by atoms with E-state index in [0.717, 1.165) is 47.3 Å². The largest absolute Gasteiger partial charge is 0.337 e. The number of benzene rings is 1. The van der Waals surface area contributed by atoms with Crippen LogP contribution in [0.25, 0.3) is 10.6 Å². The number of hydrogen-bond donors (Lipinski definition) is 1. The number of halogens is 2. The van der Waals surface area contributed by atoms with Crippen LogP contribution in [0, 0.1) is 18.8 Å². The molecule has 0 unspecified atom stereocenters. The number of fused-ring (bicyclic) bond motifs is 1. The van der Waals surface area contributed by atoms with E-state index in [0.29, 0.717) is 11.8 Å². The third kappa shape index (κ3) is 3.45. The van der Waals surface area contributed by atoms with E-state index in [1.165, 1.54) is 11.3 Å². The zero-order valence-electron chi connectivity index (χ0n) is 13.4. The first-order chi connectivity index (χ1) is 10.7. The van der Waals surface area contributed by atoms with Crippen molar-refractivity contribution in [3.8, 4) is 10.6 Å². The zero-order valence-corrected chi connectivity index (χ0v) is 15.8. The molecule has 2 atom stereocenters. The molecule has 2 fully saturated rings. The van der Waals surface area contributed by atoms with Gasteiger partial charge in [-0.2, -0.15) is 0 Å². The molecule has 1 aromatic heterocycles. The van der Waals surface area contributed by atoms with Gasteiger partial charge in [0.1, 0.15) is 9.88 Å². The molecule has 4 nitrogen and oxygen atoms in total. The van der Waals surface area contributed by atoms with E-state index in [1.54, 1.807) is 0 Å². The van der Waals surface area contributed by atoms with Crippen LogP contribution in [-0.4, -0.2) is 42.0 Å². The number of rotatable bonds is 2. The van der Waals surface area contributed by atoms with E-state index in [4.69, 9.17) is 0 Å². The number of nitrogens with one attached hydrogen (secondary N) is 1. The van der Waals surface area contributed by atoms with Gasteiger partial charge in [0.15, 0.2) is 0 Å². The summed E-state index contributed by atoms with van der Waals surface area (Å²) >= 11 is 1.52. The molecule has 24 heavy (non-hydrogen) atoms. The molecule has 4 rings (SSSR count). The number of thiazole rings is 1. The monoisotopic (exact) mass is 385 g/mol. The lowest BCUT2D eigenvalue weighted by Crippen LogP contribution is -2.31. The van der Waals surface area contributed by atoms with Gasteiger partial charge in [0.05, 0.1) is 5.69 Å². The number of nitrogens with zero attached hydrogens (tertiary/aromatic N) is 2. The number of aromatic nitrogens is 1. The molecule has 2 aliphatic heterocycles. The number of amides is 1. The van der Waals surface area contributed by atoms with Crippen LogP contribution >= 0.6 is 36.2 Å². The van der Waals surface area contributed by atoms with Gasteiger partial charge < -0.3 is 10.2 Å². The molecule has 7 heteroatoms. The van der Waals surface area contributed by atoms with Gasteiger partial charge in [-0.1, -0.05) is 30.3 Å². The smallest absolute Gasteiger partial charge is 0.265 e. The van der Waals surface area contributed by atoms with Crippen molar-refractivity contribution in [2.24, 2.45) is 11.8 Å². The van der Waals surface area contributed by atoms with Crippen LogP contribution in [-0.2, 0) is 0 Å². The summed E-state index contributed by atoms with van der Waals surface area (Å²) in [5.74, 6) is 1.42. The van der Waals surface area contributed by atoms with Crippen LogP contribution in [0.4, 0.5) is 0 Å². The molecular formula is C17H21Cl2N3OS. The molecule has 130 valence electrons. The minimum absolute atomic E-state index is 0. The molecule has 0 spiro atoms. The Morgan fingerprint density at radius 3 is 2.42 bits per heavy atom. The topological polar surface area (TPSA) is 45.2 Å². The van der Waals surface area contributed by atoms with Gasteiger partial charge in [0.25, 0.3) is 5.91 Å². The van der Waals surface area contributed by atoms with Gasteiger partial charge in [-0.25, -0.2) is 4.98 Å². The van der Waals surface area contributed by atoms with E-state index in [2.05, 4.69) is 10.3 Å². The van der Waals surface area contributed by atoms with Crippen LogP contribution < -0.4 is 5.32 Å². The first-order valence-electron chi connectivity index (χ1n) is 7.75. The van der Waals surface area contributed by atoms with E-state index in [-0.39, 0.29) is 30.7 Å². The van der Waals surface area contributed by atoms with Crippen LogP contribution in [0.5, 0.6) is 0 Å². The Morgan fingerprint density at radius 1 is 1.17 bits per heavy atom. The molecule has 1 amide bonds. The van der Waals surface area contributed by atoms with Crippen LogP contribution in [0.1, 0.15) is 15.4 Å². The molecule has 0 bridgehead atoms. The molecule has 2 aromatic rings. The number of carbonyl (C=O) groups is 1. The maximum Gasteiger partial charge on any atom is 0.265 e. The van der Waals surface area contributed by atoms with Gasteiger partial charge in [-0.3, -0.25) is 4.79 Å². The third-order valence-electron chi connectivity index (χ3n) is 4.69. The van der Waals surface area contributed by atoms with Crippen LogP contribution in [0.2, 0.25) is 0 Å². The lowest BCUT2D eigenvalue weighted by atomic mass is 10.0. The minimum Gasteiger partial charge on any atom is -0.337 e. The molecule has 1 aromatic carbocycles. The van der Waals surface area contributed by atoms with E-state index >= 15 is 0 Å². The predicted molar refractivity (Wildman–Crippen MR) is 103 cm³/mol. The third-order valence-corrected chi connectivity index (χ3v) is 5.88. The summed E-state index contributed by atoms with van der Waals surface area (Å²) < 4.78 is 0. The number of aryl methyl sites for hydroxylation is 1. The van der Waals surface area contributed by atoms with Crippen molar-refractivity contribution in [1.29, 1.82) is 0 Å². The zero-order chi connectivity index (χ0) is 15.1. The highest BCUT2D eigenvalue weighted by atomic mass is 35.5. The lowest BCUT2D eigenvalue weighted by molar-refractivity contribution is 0.0785. The Bertz CT molecular complexity index is 695. The summed E-state index contributed by atoms with van der Waals surface area (Å²) in [5.41, 5.74) is 1.93. The van der Waals surface area contributed by atoms with Crippen molar-refractivity contribution < 1.29 is 4.79 Å². The highest BCUT2D eigenvalue weighted by molar-refractivity contribution is 7.17. The fraction of sp³-hybridized carbons (Fsp3) is 0.412. The van der Waals surface area contributed by atoms with E-state index in [1.807, 2.05) is 42.2 Å². The second-order valence-corrected chi connectivity index (χ2v) is 7.19. The highest BCUT2D eigenvalue weighted by Gasteiger charge is 2.39. The summed E-state index contributed by atoms with van der Waals surface area (Å²) in [6.45, 7) is 5.80. The van der Waals surface area contributed by atoms with Gasteiger partial charge >= 0.3 is 0 Å². The fourth-order valence-electron chi connectivity index (χ4n) is 3.46. The summed E-state index contributed by atoms with van der Waals surface area (Å²) in [7, 11) is 0. The normalized spacial score (nSPS) is 21.8. The van der Waals surface area contributed by atoms with Crippen molar-refractivity contribution >= 4 is 42.1 Å². The maximum atomic E-state index is 12.8. The molecule has 2 saturated heterocycles. The molecule has 1 N–H and O–H groups in total. The molecular weight excluding hydrogens is 365 g/mol. The van der Waals surface area contributed by atoms with Crippen molar-refractivity contribution in [1.82, 2.24) is 15.2 Å². The quantitative estimate of drug-likeness (QED) is 0.862. The Balaban J connectivity index is 0.00000104. The van der Waals surface area contributed by atoms with Crippen LogP contribution in [0.15, 0.2) is 30.3 Å². The van der Waals surface area contributed by atoms with Gasteiger partial charge in [0.2, 0.25) is 0 Å². The number of hydrogen-bond acceptors (Lipinski definition) is 4. The minimum atomic E-state index is 0. The molecule has 0 aliphatic carbocycles. The second kappa shape index (κ2) is 7.83. The molecule has 0 saturated carbocycles. The number of carbonyl (C=O) groups excluding carboxylic acids is 1. The maximum absolute atomic E-state index is 12.8. The van der Waals surface area contributed by atoms with Crippen LogP contribution in [0.3, 0.4) is 0 Å². The Hall–Kier alpha value is -1.14. The number of likely N-dealkylation sites (tertiary alicyclic amines) is 1. The molecule has 0 radical (unpaired) electrons. The van der Waals surface area contributed by atoms with Crippen molar-refractivity contribution in [3.63, 3.8) is 0 Å². The van der Waals surface area contributed by atoms with E-state index in [9.17, 15) is 4.79 Å². The Morgan fingerprint density at radius 2 is 1.79 bits per heavy atom.